The molecule has 0 unspecified atom stereocenters. The van der Waals surface area contributed by atoms with E-state index in [1.807, 2.05) is 42.2 Å². The number of carbonyl (C=O) groups excluding carboxylic acids is 2. The number of nitrogens with zero attached hydrogens (tertiary/aromatic N) is 2. The van der Waals surface area contributed by atoms with Gasteiger partial charge in [-0.3, -0.25) is 9.59 Å². The first-order valence-electron chi connectivity index (χ1n) is 10.0. The number of hydrogen-bond acceptors (Lipinski definition) is 3. The van der Waals surface area contributed by atoms with Crippen molar-refractivity contribution in [3.05, 3.63) is 77.2 Å². The monoisotopic (exact) mass is 405 g/mol. The molecule has 1 aliphatic heterocycles. The number of carbonyl (C=O) groups is 2. The SMILES string of the molecule is CC(=O)c1ccc(N2CCN(C(=O)c3cc(-c4ccc(F)cc4)[nH]c3C)CC2)cc1. The number of Topliss-reactive ketones (excluding diaryl/α,β-unsaturated/α-hetero) is 1. The fourth-order valence-electron chi connectivity index (χ4n) is 3.81. The van der Waals surface area contributed by atoms with Crippen LogP contribution in [0.25, 0.3) is 11.3 Å². The summed E-state index contributed by atoms with van der Waals surface area (Å²) in [5.74, 6) is -0.227. The van der Waals surface area contributed by atoms with Gasteiger partial charge in [0.05, 0.1) is 5.56 Å². The third-order valence-corrected chi connectivity index (χ3v) is 5.61. The van der Waals surface area contributed by atoms with Crippen molar-refractivity contribution in [2.75, 3.05) is 31.1 Å². The highest BCUT2D eigenvalue weighted by Gasteiger charge is 2.24. The zero-order chi connectivity index (χ0) is 21.3. The largest absolute Gasteiger partial charge is 0.368 e. The number of amides is 1. The summed E-state index contributed by atoms with van der Waals surface area (Å²) in [4.78, 5) is 31.8. The van der Waals surface area contributed by atoms with E-state index in [9.17, 15) is 14.0 Å². The van der Waals surface area contributed by atoms with Crippen LogP contribution in [0.3, 0.4) is 0 Å². The van der Waals surface area contributed by atoms with Crippen molar-refractivity contribution in [3.8, 4) is 11.3 Å². The van der Waals surface area contributed by atoms with Gasteiger partial charge in [0.1, 0.15) is 5.82 Å². The molecule has 0 radical (unpaired) electrons. The number of H-pyrrole nitrogens is 1. The Morgan fingerprint density at radius 3 is 2.17 bits per heavy atom. The quantitative estimate of drug-likeness (QED) is 0.659. The van der Waals surface area contributed by atoms with Crippen LogP contribution in [-0.2, 0) is 0 Å². The second-order valence-corrected chi connectivity index (χ2v) is 7.61. The van der Waals surface area contributed by atoms with Gasteiger partial charge in [0.25, 0.3) is 5.91 Å². The van der Waals surface area contributed by atoms with Crippen molar-refractivity contribution in [2.45, 2.75) is 13.8 Å². The summed E-state index contributed by atoms with van der Waals surface area (Å²) in [5.41, 5.74) is 4.86. The second kappa shape index (κ2) is 8.14. The molecule has 6 heteroatoms. The Bertz CT molecular complexity index is 1060. The van der Waals surface area contributed by atoms with Gasteiger partial charge in [0.15, 0.2) is 5.78 Å². The van der Waals surface area contributed by atoms with Crippen molar-refractivity contribution in [3.63, 3.8) is 0 Å². The highest BCUT2D eigenvalue weighted by atomic mass is 19.1. The lowest BCUT2D eigenvalue weighted by Crippen LogP contribution is -2.48. The van der Waals surface area contributed by atoms with Crippen molar-refractivity contribution in [2.24, 2.45) is 0 Å². The highest BCUT2D eigenvalue weighted by Crippen LogP contribution is 2.24. The maximum atomic E-state index is 13.2. The maximum Gasteiger partial charge on any atom is 0.255 e. The van der Waals surface area contributed by atoms with Crippen LogP contribution in [0.2, 0.25) is 0 Å². The van der Waals surface area contributed by atoms with Gasteiger partial charge in [0, 0.05) is 48.8 Å². The molecule has 1 aromatic heterocycles. The molecule has 4 rings (SSSR count). The van der Waals surface area contributed by atoms with Crippen LogP contribution in [0.15, 0.2) is 54.6 Å². The Morgan fingerprint density at radius 1 is 0.933 bits per heavy atom. The first kappa shape index (κ1) is 19.9. The molecule has 0 spiro atoms. The summed E-state index contributed by atoms with van der Waals surface area (Å²) in [6.07, 6.45) is 0. The Hall–Kier alpha value is -3.41. The summed E-state index contributed by atoms with van der Waals surface area (Å²) in [6, 6.07) is 15.7. The van der Waals surface area contributed by atoms with Crippen molar-refractivity contribution < 1.29 is 14.0 Å². The first-order valence-corrected chi connectivity index (χ1v) is 10.0. The van der Waals surface area contributed by atoms with Gasteiger partial charge in [-0.1, -0.05) is 0 Å². The molecule has 1 N–H and O–H groups in total. The summed E-state index contributed by atoms with van der Waals surface area (Å²) in [6.45, 7) is 6.17. The van der Waals surface area contributed by atoms with E-state index in [4.69, 9.17) is 0 Å². The third kappa shape index (κ3) is 3.99. The lowest BCUT2D eigenvalue weighted by atomic mass is 10.1. The van der Waals surface area contributed by atoms with Gasteiger partial charge in [-0.05, 0) is 74.0 Å². The molecule has 1 amide bonds. The molecule has 154 valence electrons. The van der Waals surface area contributed by atoms with E-state index in [1.165, 1.54) is 12.1 Å². The number of piperazine rings is 1. The van der Waals surface area contributed by atoms with Crippen LogP contribution in [0.4, 0.5) is 10.1 Å². The fraction of sp³-hybridized carbons (Fsp3) is 0.250. The fourth-order valence-corrected chi connectivity index (χ4v) is 3.81. The number of rotatable bonds is 4. The smallest absolute Gasteiger partial charge is 0.255 e. The molecule has 30 heavy (non-hydrogen) atoms. The molecule has 0 atom stereocenters. The van der Waals surface area contributed by atoms with E-state index in [2.05, 4.69) is 9.88 Å². The maximum absolute atomic E-state index is 13.2. The highest BCUT2D eigenvalue weighted by molar-refractivity contribution is 5.97. The minimum Gasteiger partial charge on any atom is -0.368 e. The van der Waals surface area contributed by atoms with Gasteiger partial charge in [-0.15, -0.1) is 0 Å². The average molecular weight is 405 g/mol. The normalized spacial score (nSPS) is 14.1. The second-order valence-electron chi connectivity index (χ2n) is 7.61. The van der Waals surface area contributed by atoms with E-state index in [1.54, 1.807) is 19.1 Å². The number of anilines is 1. The van der Waals surface area contributed by atoms with Gasteiger partial charge in [-0.2, -0.15) is 0 Å². The van der Waals surface area contributed by atoms with Crippen LogP contribution in [-0.4, -0.2) is 47.8 Å². The summed E-state index contributed by atoms with van der Waals surface area (Å²) >= 11 is 0. The Morgan fingerprint density at radius 2 is 1.57 bits per heavy atom. The number of hydrogen-bond donors (Lipinski definition) is 1. The molecular weight excluding hydrogens is 381 g/mol. The molecule has 1 aliphatic rings. The standard InChI is InChI=1S/C24H24FN3O2/c1-16-22(15-23(26-16)19-3-7-20(25)8-4-19)24(30)28-13-11-27(12-14-28)21-9-5-18(6-10-21)17(2)29/h3-10,15,26H,11-14H2,1-2H3. The molecule has 0 aliphatic carbocycles. The lowest BCUT2D eigenvalue weighted by molar-refractivity contribution is 0.0746. The zero-order valence-electron chi connectivity index (χ0n) is 17.1. The summed E-state index contributed by atoms with van der Waals surface area (Å²) in [5, 5.41) is 0. The van der Waals surface area contributed by atoms with Crippen LogP contribution in [0.5, 0.6) is 0 Å². The molecule has 3 aromatic rings. The van der Waals surface area contributed by atoms with Crippen molar-refractivity contribution in [1.29, 1.82) is 0 Å². The van der Waals surface area contributed by atoms with Crippen molar-refractivity contribution >= 4 is 17.4 Å². The number of nitrogens with one attached hydrogen (secondary N) is 1. The molecular formula is C24H24FN3O2. The minimum atomic E-state index is -0.285. The van der Waals surface area contributed by atoms with Crippen LogP contribution in [0, 0.1) is 12.7 Å². The van der Waals surface area contributed by atoms with E-state index in [0.29, 0.717) is 24.2 Å². The summed E-state index contributed by atoms with van der Waals surface area (Å²) in [7, 11) is 0. The number of benzene rings is 2. The Balaban J connectivity index is 1.43. The molecule has 5 nitrogen and oxygen atoms in total. The van der Waals surface area contributed by atoms with Crippen LogP contribution < -0.4 is 4.90 Å². The van der Waals surface area contributed by atoms with Gasteiger partial charge < -0.3 is 14.8 Å². The number of aromatic nitrogens is 1. The number of halogens is 1. The molecule has 2 heterocycles. The average Bonchev–Trinajstić information content (AvgIpc) is 3.15. The molecule has 0 bridgehead atoms. The number of aromatic amines is 1. The molecule has 2 aromatic carbocycles. The zero-order valence-corrected chi connectivity index (χ0v) is 17.1. The van der Waals surface area contributed by atoms with Gasteiger partial charge in [0.2, 0.25) is 0 Å². The predicted octanol–water partition coefficient (Wildman–Crippen LogP) is 4.29. The van der Waals surface area contributed by atoms with Gasteiger partial charge in [-0.25, -0.2) is 4.39 Å². The van der Waals surface area contributed by atoms with Crippen molar-refractivity contribution in [1.82, 2.24) is 9.88 Å². The van der Waals surface area contributed by atoms with E-state index in [-0.39, 0.29) is 17.5 Å². The lowest BCUT2D eigenvalue weighted by Gasteiger charge is -2.36. The number of aryl methyl sites for hydroxylation is 1. The van der Waals surface area contributed by atoms with E-state index >= 15 is 0 Å². The Labute approximate surface area is 175 Å². The van der Waals surface area contributed by atoms with E-state index < -0.39 is 0 Å². The third-order valence-electron chi connectivity index (χ3n) is 5.61. The molecule has 0 saturated carbocycles. The van der Waals surface area contributed by atoms with Crippen LogP contribution >= 0.6 is 0 Å². The first-order chi connectivity index (χ1) is 14.4. The minimum absolute atomic E-state index is 0.00342. The molecule has 1 fully saturated rings. The van der Waals surface area contributed by atoms with E-state index in [0.717, 1.165) is 35.7 Å². The molecule has 1 saturated heterocycles. The topological polar surface area (TPSA) is 56.4 Å². The summed E-state index contributed by atoms with van der Waals surface area (Å²) < 4.78 is 13.2. The van der Waals surface area contributed by atoms with Crippen LogP contribution in [0.1, 0.15) is 33.3 Å². The Kier molecular flexibility index (Phi) is 5.40. The van der Waals surface area contributed by atoms with Gasteiger partial charge >= 0.3 is 0 Å². The number of ketones is 1. The predicted molar refractivity (Wildman–Crippen MR) is 115 cm³/mol.